The quantitative estimate of drug-likeness (QED) is 0.630. The molecule has 160 valence electrons. The van der Waals surface area contributed by atoms with E-state index in [9.17, 15) is 0 Å². The first-order valence-electron chi connectivity index (χ1n) is 11.6. The molecule has 6 rings (SSSR count). The molecule has 1 spiro atoms. The molecule has 3 aromatic rings. The van der Waals surface area contributed by atoms with E-state index in [4.69, 9.17) is 9.72 Å². The van der Waals surface area contributed by atoms with Gasteiger partial charge in [-0.15, -0.1) is 0 Å². The Morgan fingerprint density at radius 3 is 2.77 bits per heavy atom. The first-order valence-corrected chi connectivity index (χ1v) is 11.6. The van der Waals surface area contributed by atoms with Gasteiger partial charge in [-0.2, -0.15) is 4.98 Å². The standard InChI is InChI=1S/C26H30N4O/c1-18-6-3-7-19-8-4-10-23(24(18)19)30-15-22-21(26(17-30)11-12-26)14-27-25(28-22)31-16-20-9-5-13-29(20)2/h3-4,6-8,10,14,20H,5,9,11-13,15-17H2,1-2H3/t20-/m0/s1. The van der Waals surface area contributed by atoms with E-state index < -0.39 is 0 Å². The zero-order valence-electron chi connectivity index (χ0n) is 18.5. The van der Waals surface area contributed by atoms with Gasteiger partial charge in [0.25, 0.3) is 0 Å². The number of fused-ring (bicyclic) bond motifs is 3. The monoisotopic (exact) mass is 414 g/mol. The van der Waals surface area contributed by atoms with Gasteiger partial charge in [-0.3, -0.25) is 0 Å². The number of aromatic nitrogens is 2. The van der Waals surface area contributed by atoms with Gasteiger partial charge < -0.3 is 14.5 Å². The molecular formula is C26H30N4O. The van der Waals surface area contributed by atoms with E-state index in [-0.39, 0.29) is 5.41 Å². The zero-order valence-corrected chi connectivity index (χ0v) is 18.5. The van der Waals surface area contributed by atoms with Crippen molar-refractivity contribution >= 4 is 16.5 Å². The fraction of sp³-hybridized carbons (Fsp3) is 0.462. The maximum atomic E-state index is 6.06. The molecule has 0 amide bonds. The summed E-state index contributed by atoms with van der Waals surface area (Å²) in [5.74, 6) is 0. The fourth-order valence-electron chi connectivity index (χ4n) is 5.60. The number of rotatable bonds is 4. The number of likely N-dealkylation sites (tertiary alicyclic amines) is 1. The van der Waals surface area contributed by atoms with E-state index in [1.165, 1.54) is 53.3 Å². The van der Waals surface area contributed by atoms with Crippen LogP contribution in [0.25, 0.3) is 10.8 Å². The maximum Gasteiger partial charge on any atom is 0.316 e. The van der Waals surface area contributed by atoms with Gasteiger partial charge in [0, 0.05) is 40.8 Å². The molecule has 1 saturated carbocycles. The van der Waals surface area contributed by atoms with Gasteiger partial charge >= 0.3 is 6.01 Å². The normalized spacial score (nSPS) is 22.1. The lowest BCUT2D eigenvalue weighted by Gasteiger charge is -2.36. The molecule has 3 heterocycles. The summed E-state index contributed by atoms with van der Waals surface area (Å²) in [5.41, 5.74) is 5.34. The molecule has 3 aliphatic rings. The van der Waals surface area contributed by atoms with Crippen LogP contribution < -0.4 is 9.64 Å². The maximum absolute atomic E-state index is 6.06. The van der Waals surface area contributed by atoms with Gasteiger partial charge in [0.2, 0.25) is 0 Å². The van der Waals surface area contributed by atoms with Crippen LogP contribution in [0.2, 0.25) is 0 Å². The Hall–Kier alpha value is -2.66. The lowest BCUT2D eigenvalue weighted by Crippen LogP contribution is -2.39. The minimum absolute atomic E-state index is 0.211. The van der Waals surface area contributed by atoms with E-state index in [2.05, 4.69) is 71.4 Å². The molecule has 31 heavy (non-hydrogen) atoms. The number of hydrogen-bond donors (Lipinski definition) is 0. The Balaban J connectivity index is 1.32. The number of benzene rings is 2. The Labute approximate surface area is 184 Å². The summed E-state index contributed by atoms with van der Waals surface area (Å²) in [7, 11) is 2.18. The average molecular weight is 415 g/mol. The second kappa shape index (κ2) is 7.20. The highest BCUT2D eigenvalue weighted by Crippen LogP contribution is 2.53. The zero-order chi connectivity index (χ0) is 21.0. The van der Waals surface area contributed by atoms with E-state index >= 15 is 0 Å². The summed E-state index contributed by atoms with van der Waals surface area (Å²) in [6, 6.07) is 14.2. The number of aryl methyl sites for hydroxylation is 1. The van der Waals surface area contributed by atoms with Crippen LogP contribution in [0.15, 0.2) is 42.6 Å². The molecular weight excluding hydrogens is 384 g/mol. The third-order valence-electron chi connectivity index (χ3n) is 7.61. The van der Waals surface area contributed by atoms with E-state index in [0.717, 1.165) is 25.3 Å². The molecule has 5 nitrogen and oxygen atoms in total. The van der Waals surface area contributed by atoms with Gasteiger partial charge in [0.1, 0.15) is 6.61 Å². The Kier molecular flexibility index (Phi) is 4.42. The molecule has 1 saturated heterocycles. The highest BCUT2D eigenvalue weighted by atomic mass is 16.5. The van der Waals surface area contributed by atoms with Crippen molar-refractivity contribution in [3.63, 3.8) is 0 Å². The summed E-state index contributed by atoms with van der Waals surface area (Å²) in [6.45, 7) is 5.90. The molecule has 0 N–H and O–H groups in total. The van der Waals surface area contributed by atoms with Gasteiger partial charge in [-0.05, 0) is 63.2 Å². The van der Waals surface area contributed by atoms with Crippen molar-refractivity contribution in [2.75, 3.05) is 31.6 Å². The van der Waals surface area contributed by atoms with Crippen molar-refractivity contribution in [3.05, 3.63) is 59.4 Å². The Bertz CT molecular complexity index is 1130. The van der Waals surface area contributed by atoms with Crippen LogP contribution >= 0.6 is 0 Å². The summed E-state index contributed by atoms with van der Waals surface area (Å²) in [5, 5.41) is 2.67. The highest BCUT2D eigenvalue weighted by molar-refractivity contribution is 5.97. The number of likely N-dealkylation sites (N-methyl/N-ethyl adjacent to an activating group) is 1. The van der Waals surface area contributed by atoms with Gasteiger partial charge in [-0.25, -0.2) is 4.98 Å². The summed E-state index contributed by atoms with van der Waals surface area (Å²) in [4.78, 5) is 14.4. The van der Waals surface area contributed by atoms with Crippen molar-refractivity contribution in [1.29, 1.82) is 0 Å². The van der Waals surface area contributed by atoms with Crippen LogP contribution in [-0.2, 0) is 12.0 Å². The number of nitrogens with zero attached hydrogens (tertiary/aromatic N) is 4. The molecule has 0 bridgehead atoms. The van der Waals surface area contributed by atoms with Crippen LogP contribution in [-0.4, -0.2) is 47.7 Å². The number of hydrogen-bond acceptors (Lipinski definition) is 5. The molecule has 0 unspecified atom stereocenters. The molecule has 2 aromatic carbocycles. The topological polar surface area (TPSA) is 41.5 Å². The van der Waals surface area contributed by atoms with Crippen LogP contribution in [0.3, 0.4) is 0 Å². The van der Waals surface area contributed by atoms with Gasteiger partial charge in [0.15, 0.2) is 0 Å². The second-order valence-corrected chi connectivity index (χ2v) is 9.69. The third kappa shape index (κ3) is 3.26. The largest absolute Gasteiger partial charge is 0.462 e. The molecule has 5 heteroatoms. The van der Waals surface area contributed by atoms with Crippen LogP contribution in [0.4, 0.5) is 5.69 Å². The first-order chi connectivity index (χ1) is 15.1. The first kappa shape index (κ1) is 19.1. The van der Waals surface area contributed by atoms with Crippen molar-refractivity contribution in [2.45, 2.75) is 50.6 Å². The Morgan fingerprint density at radius 2 is 2.00 bits per heavy atom. The lowest BCUT2D eigenvalue weighted by atomic mass is 9.90. The average Bonchev–Trinajstić information content (AvgIpc) is 3.42. The van der Waals surface area contributed by atoms with Crippen LogP contribution in [0.1, 0.15) is 42.5 Å². The summed E-state index contributed by atoms with van der Waals surface area (Å²) >= 11 is 0. The molecule has 1 aliphatic carbocycles. The predicted octanol–water partition coefficient (Wildman–Crippen LogP) is 4.46. The number of ether oxygens (including phenoxy) is 1. The van der Waals surface area contributed by atoms with Gasteiger partial charge in [0.05, 0.1) is 12.2 Å². The van der Waals surface area contributed by atoms with E-state index in [1.54, 1.807) is 0 Å². The van der Waals surface area contributed by atoms with Crippen molar-refractivity contribution in [1.82, 2.24) is 14.9 Å². The summed E-state index contributed by atoms with van der Waals surface area (Å²) in [6.07, 6.45) is 6.93. The van der Waals surface area contributed by atoms with Crippen molar-refractivity contribution in [3.8, 4) is 6.01 Å². The SMILES string of the molecule is Cc1cccc2cccc(N3Cc4nc(OC[C@@H]5CCCN5C)ncc4C4(CC4)C3)c12. The molecule has 1 aromatic heterocycles. The van der Waals surface area contributed by atoms with Crippen molar-refractivity contribution in [2.24, 2.45) is 0 Å². The molecule has 0 radical (unpaired) electrons. The van der Waals surface area contributed by atoms with Crippen molar-refractivity contribution < 1.29 is 4.74 Å². The molecule has 1 atom stereocenters. The van der Waals surface area contributed by atoms with E-state index in [0.29, 0.717) is 18.7 Å². The highest BCUT2D eigenvalue weighted by Gasteiger charge is 2.50. The fourth-order valence-corrected chi connectivity index (χ4v) is 5.60. The molecule has 2 aliphatic heterocycles. The summed E-state index contributed by atoms with van der Waals surface area (Å²) < 4.78 is 6.06. The minimum atomic E-state index is 0.211. The van der Waals surface area contributed by atoms with Crippen LogP contribution in [0, 0.1) is 6.92 Å². The van der Waals surface area contributed by atoms with Crippen LogP contribution in [0.5, 0.6) is 6.01 Å². The lowest BCUT2D eigenvalue weighted by molar-refractivity contribution is 0.187. The minimum Gasteiger partial charge on any atom is -0.462 e. The smallest absolute Gasteiger partial charge is 0.316 e. The van der Waals surface area contributed by atoms with Gasteiger partial charge in [-0.1, -0.05) is 30.3 Å². The Morgan fingerprint density at radius 1 is 1.16 bits per heavy atom. The third-order valence-corrected chi connectivity index (χ3v) is 7.61. The molecule has 2 fully saturated rings. The van der Waals surface area contributed by atoms with E-state index in [1.807, 2.05) is 0 Å². The second-order valence-electron chi connectivity index (χ2n) is 9.69. The predicted molar refractivity (Wildman–Crippen MR) is 124 cm³/mol. The number of anilines is 1.